The maximum Gasteiger partial charge on any atom is 0.280 e. The molecule has 2 nitrogen and oxygen atoms in total. The molecule has 1 aromatic heterocycles. The Labute approximate surface area is 96.9 Å². The summed E-state index contributed by atoms with van der Waals surface area (Å²) in [7, 11) is 1.47. The molecule has 0 radical (unpaired) electrons. The van der Waals surface area contributed by atoms with Crippen LogP contribution in [0.25, 0.3) is 0 Å². The Balaban J connectivity index is 3.24. The normalized spacial score (nSPS) is 10.7. The smallest absolute Gasteiger partial charge is 0.280 e. The molecule has 0 aliphatic carbocycles. The van der Waals surface area contributed by atoms with Crippen molar-refractivity contribution in [3.8, 4) is 5.75 Å². The lowest BCUT2D eigenvalue weighted by atomic mass is 10.2. The third-order valence-electron chi connectivity index (χ3n) is 1.60. The Morgan fingerprint density at radius 1 is 1.57 bits per heavy atom. The Morgan fingerprint density at radius 2 is 2.21 bits per heavy atom. The summed E-state index contributed by atoms with van der Waals surface area (Å²) >= 11 is 6.27. The molecule has 0 amide bonds. The fourth-order valence-corrected chi connectivity index (χ4v) is 2.04. The van der Waals surface area contributed by atoms with Crippen molar-refractivity contribution in [2.45, 2.75) is 11.8 Å². The van der Waals surface area contributed by atoms with Gasteiger partial charge in [0, 0.05) is 10.9 Å². The second-order valence-corrected chi connectivity index (χ2v) is 3.78. The zero-order valence-corrected chi connectivity index (χ0v) is 10.4. The van der Waals surface area contributed by atoms with Crippen LogP contribution in [0.2, 0.25) is 0 Å². The number of aromatic nitrogens is 1. The quantitative estimate of drug-likeness (QED) is 0.623. The molecule has 0 aliphatic rings. The minimum absolute atomic E-state index is 0.257. The van der Waals surface area contributed by atoms with Gasteiger partial charge in [-0.3, -0.25) is 0 Å². The van der Waals surface area contributed by atoms with Gasteiger partial charge >= 0.3 is 0 Å². The van der Waals surface area contributed by atoms with Gasteiger partial charge in [0.1, 0.15) is 10.3 Å². The zero-order chi connectivity index (χ0) is 10.7. The molecule has 1 heterocycles. The topological polar surface area (TPSA) is 22.1 Å². The van der Waals surface area contributed by atoms with Gasteiger partial charge in [0.15, 0.2) is 5.75 Å². The SMILES string of the molecule is COc1c(CBr)cc(C(F)F)nc1Br. The van der Waals surface area contributed by atoms with Gasteiger partial charge in [0.25, 0.3) is 6.43 Å². The van der Waals surface area contributed by atoms with Gasteiger partial charge in [-0.25, -0.2) is 13.8 Å². The summed E-state index contributed by atoms with van der Waals surface area (Å²) in [4.78, 5) is 3.67. The van der Waals surface area contributed by atoms with Crippen LogP contribution < -0.4 is 4.74 Å². The monoisotopic (exact) mass is 329 g/mol. The van der Waals surface area contributed by atoms with Gasteiger partial charge in [-0.05, 0) is 22.0 Å². The van der Waals surface area contributed by atoms with E-state index in [0.29, 0.717) is 21.2 Å². The highest BCUT2D eigenvalue weighted by Crippen LogP contribution is 2.32. The first-order chi connectivity index (χ1) is 6.60. The highest BCUT2D eigenvalue weighted by Gasteiger charge is 2.15. The predicted octanol–water partition coefficient (Wildman–Crippen LogP) is 3.69. The van der Waals surface area contributed by atoms with Crippen molar-refractivity contribution in [3.63, 3.8) is 0 Å². The number of nitrogens with zero attached hydrogens (tertiary/aromatic N) is 1. The van der Waals surface area contributed by atoms with Crippen molar-refractivity contribution in [1.82, 2.24) is 4.98 Å². The van der Waals surface area contributed by atoms with E-state index < -0.39 is 6.43 Å². The summed E-state index contributed by atoms with van der Waals surface area (Å²) < 4.78 is 30.0. The molecule has 0 aliphatic heterocycles. The van der Waals surface area contributed by atoms with Crippen LogP contribution in [-0.2, 0) is 5.33 Å². The summed E-state index contributed by atoms with van der Waals surface area (Å²) in [5.41, 5.74) is 0.386. The van der Waals surface area contributed by atoms with E-state index in [4.69, 9.17) is 4.74 Å². The minimum atomic E-state index is -2.57. The van der Waals surface area contributed by atoms with Gasteiger partial charge in [-0.1, -0.05) is 15.9 Å². The number of methoxy groups -OCH3 is 1. The highest BCUT2D eigenvalue weighted by molar-refractivity contribution is 9.10. The van der Waals surface area contributed by atoms with Crippen molar-refractivity contribution in [3.05, 3.63) is 21.9 Å². The van der Waals surface area contributed by atoms with Crippen LogP contribution in [0.4, 0.5) is 8.78 Å². The maximum atomic E-state index is 12.4. The van der Waals surface area contributed by atoms with E-state index in [2.05, 4.69) is 36.8 Å². The van der Waals surface area contributed by atoms with Crippen LogP contribution in [0.3, 0.4) is 0 Å². The molecule has 0 fully saturated rings. The summed E-state index contributed by atoms with van der Waals surface area (Å²) in [6.07, 6.45) is -2.57. The van der Waals surface area contributed by atoms with E-state index in [1.165, 1.54) is 13.2 Å². The molecule has 14 heavy (non-hydrogen) atoms. The Morgan fingerprint density at radius 3 is 2.64 bits per heavy atom. The van der Waals surface area contributed by atoms with Crippen molar-refractivity contribution >= 4 is 31.9 Å². The van der Waals surface area contributed by atoms with Gasteiger partial charge in [0.05, 0.1) is 7.11 Å². The largest absolute Gasteiger partial charge is 0.494 e. The lowest BCUT2D eigenvalue weighted by Gasteiger charge is -2.09. The lowest BCUT2D eigenvalue weighted by Crippen LogP contribution is -1.98. The second-order valence-electron chi connectivity index (χ2n) is 2.46. The van der Waals surface area contributed by atoms with Crippen LogP contribution in [0, 0.1) is 0 Å². The van der Waals surface area contributed by atoms with E-state index in [9.17, 15) is 8.78 Å². The third kappa shape index (κ3) is 2.42. The van der Waals surface area contributed by atoms with Gasteiger partial charge < -0.3 is 4.74 Å². The van der Waals surface area contributed by atoms with Crippen LogP contribution in [0.15, 0.2) is 10.7 Å². The molecular formula is C8H7Br2F2NO. The number of hydrogen-bond donors (Lipinski definition) is 0. The Hall–Kier alpha value is -0.230. The van der Waals surface area contributed by atoms with Crippen molar-refractivity contribution in [1.29, 1.82) is 0 Å². The van der Waals surface area contributed by atoms with Crippen molar-refractivity contribution in [2.75, 3.05) is 7.11 Å². The van der Waals surface area contributed by atoms with E-state index in [0.717, 1.165) is 0 Å². The van der Waals surface area contributed by atoms with Crippen LogP contribution in [-0.4, -0.2) is 12.1 Å². The fraction of sp³-hybridized carbons (Fsp3) is 0.375. The zero-order valence-electron chi connectivity index (χ0n) is 7.23. The van der Waals surface area contributed by atoms with E-state index >= 15 is 0 Å². The lowest BCUT2D eigenvalue weighted by molar-refractivity contribution is 0.145. The average Bonchev–Trinajstić information content (AvgIpc) is 2.16. The summed E-state index contributed by atoms with van der Waals surface area (Å²) in [5.74, 6) is 0.478. The number of alkyl halides is 3. The predicted molar refractivity (Wildman–Crippen MR) is 56.1 cm³/mol. The molecule has 78 valence electrons. The number of hydrogen-bond acceptors (Lipinski definition) is 2. The highest BCUT2D eigenvalue weighted by atomic mass is 79.9. The molecule has 0 N–H and O–H groups in total. The molecule has 0 atom stereocenters. The Kier molecular flexibility index (Phi) is 4.25. The van der Waals surface area contributed by atoms with Gasteiger partial charge in [-0.2, -0.15) is 0 Å². The molecule has 6 heteroatoms. The molecule has 1 aromatic rings. The molecule has 0 bridgehead atoms. The Bertz CT molecular complexity index is 333. The molecule has 0 saturated heterocycles. The van der Waals surface area contributed by atoms with Crippen LogP contribution in [0.1, 0.15) is 17.7 Å². The number of ether oxygens (including phenoxy) is 1. The first-order valence-electron chi connectivity index (χ1n) is 3.67. The van der Waals surface area contributed by atoms with Gasteiger partial charge in [-0.15, -0.1) is 0 Å². The standard InChI is InChI=1S/C8H7Br2F2NO/c1-14-6-4(3-9)2-5(8(11)12)13-7(6)10/h2,8H,3H2,1H3. The molecule has 0 unspecified atom stereocenters. The molecular weight excluding hydrogens is 324 g/mol. The minimum Gasteiger partial charge on any atom is -0.494 e. The summed E-state index contributed by atoms with van der Waals surface area (Å²) in [6.45, 7) is 0. The van der Waals surface area contributed by atoms with Crippen LogP contribution in [0.5, 0.6) is 5.75 Å². The molecule has 0 aromatic carbocycles. The molecule has 0 spiro atoms. The van der Waals surface area contributed by atoms with E-state index in [1.807, 2.05) is 0 Å². The fourth-order valence-electron chi connectivity index (χ4n) is 0.999. The molecule has 0 saturated carbocycles. The van der Waals surface area contributed by atoms with Crippen LogP contribution >= 0.6 is 31.9 Å². The average molecular weight is 331 g/mol. The number of halogens is 4. The maximum absolute atomic E-state index is 12.4. The van der Waals surface area contributed by atoms with Crippen molar-refractivity contribution < 1.29 is 13.5 Å². The van der Waals surface area contributed by atoms with E-state index in [1.54, 1.807) is 0 Å². The third-order valence-corrected chi connectivity index (χ3v) is 2.74. The number of pyridine rings is 1. The first kappa shape index (κ1) is 11.8. The molecule has 1 rings (SSSR count). The number of rotatable bonds is 3. The first-order valence-corrected chi connectivity index (χ1v) is 5.59. The van der Waals surface area contributed by atoms with E-state index in [-0.39, 0.29) is 5.69 Å². The summed E-state index contributed by atoms with van der Waals surface area (Å²) in [6, 6.07) is 1.32. The van der Waals surface area contributed by atoms with Gasteiger partial charge in [0.2, 0.25) is 0 Å². The van der Waals surface area contributed by atoms with Crippen molar-refractivity contribution in [2.24, 2.45) is 0 Å². The summed E-state index contributed by atoms with van der Waals surface area (Å²) in [5, 5.41) is 0.441. The second kappa shape index (κ2) is 5.02.